The van der Waals surface area contributed by atoms with Gasteiger partial charge in [0.25, 0.3) is 0 Å². The SMILES string of the molecule is COCCc1noc(C2(N)CCCC(C)C2)n1. The first-order valence-corrected chi connectivity index (χ1v) is 6.25. The van der Waals surface area contributed by atoms with Gasteiger partial charge in [-0.15, -0.1) is 0 Å². The third kappa shape index (κ3) is 2.84. The van der Waals surface area contributed by atoms with Gasteiger partial charge in [0, 0.05) is 13.5 Å². The van der Waals surface area contributed by atoms with Crippen LogP contribution in [0, 0.1) is 5.92 Å². The summed E-state index contributed by atoms with van der Waals surface area (Å²) in [5.74, 6) is 1.91. The van der Waals surface area contributed by atoms with Crippen LogP contribution in [0.1, 0.15) is 44.3 Å². The van der Waals surface area contributed by atoms with Crippen molar-refractivity contribution in [2.24, 2.45) is 11.7 Å². The summed E-state index contributed by atoms with van der Waals surface area (Å²) in [5, 5.41) is 3.95. The summed E-state index contributed by atoms with van der Waals surface area (Å²) in [7, 11) is 1.66. The van der Waals surface area contributed by atoms with Crippen molar-refractivity contribution >= 4 is 0 Å². The molecule has 5 nitrogen and oxygen atoms in total. The lowest BCUT2D eigenvalue weighted by Gasteiger charge is -2.33. The summed E-state index contributed by atoms with van der Waals surface area (Å²) >= 11 is 0. The molecule has 0 aliphatic heterocycles. The molecular formula is C12H21N3O2. The zero-order valence-corrected chi connectivity index (χ0v) is 10.6. The molecule has 1 saturated carbocycles. The third-order valence-electron chi connectivity index (χ3n) is 3.46. The Kier molecular flexibility index (Phi) is 3.79. The number of nitrogens with zero attached hydrogens (tertiary/aromatic N) is 2. The Balaban J connectivity index is 2.07. The summed E-state index contributed by atoms with van der Waals surface area (Å²) in [6, 6.07) is 0. The topological polar surface area (TPSA) is 74.2 Å². The number of aromatic nitrogens is 2. The highest BCUT2D eigenvalue weighted by Gasteiger charge is 2.37. The van der Waals surface area contributed by atoms with Gasteiger partial charge in [-0.3, -0.25) is 0 Å². The van der Waals surface area contributed by atoms with E-state index in [4.69, 9.17) is 15.0 Å². The maximum absolute atomic E-state index is 6.39. The number of hydrogen-bond acceptors (Lipinski definition) is 5. The fourth-order valence-electron chi connectivity index (χ4n) is 2.54. The lowest BCUT2D eigenvalue weighted by Crippen LogP contribution is -2.41. The van der Waals surface area contributed by atoms with Gasteiger partial charge in [0.15, 0.2) is 5.82 Å². The van der Waals surface area contributed by atoms with Crippen LogP contribution in [0.3, 0.4) is 0 Å². The van der Waals surface area contributed by atoms with Gasteiger partial charge in [-0.1, -0.05) is 24.9 Å². The van der Waals surface area contributed by atoms with E-state index in [9.17, 15) is 0 Å². The zero-order chi connectivity index (χ0) is 12.3. The number of nitrogens with two attached hydrogens (primary N) is 1. The van der Waals surface area contributed by atoms with Crippen LogP contribution in [0.15, 0.2) is 4.52 Å². The van der Waals surface area contributed by atoms with Crippen molar-refractivity contribution in [2.75, 3.05) is 13.7 Å². The fourth-order valence-corrected chi connectivity index (χ4v) is 2.54. The summed E-state index contributed by atoms with van der Waals surface area (Å²) in [4.78, 5) is 4.39. The number of rotatable bonds is 4. The van der Waals surface area contributed by atoms with Gasteiger partial charge in [-0.2, -0.15) is 4.98 Å². The van der Waals surface area contributed by atoms with Crippen molar-refractivity contribution in [3.8, 4) is 0 Å². The minimum absolute atomic E-state index is 0.421. The van der Waals surface area contributed by atoms with E-state index in [1.807, 2.05) is 0 Å². The normalized spacial score (nSPS) is 29.5. The number of methoxy groups -OCH3 is 1. The third-order valence-corrected chi connectivity index (χ3v) is 3.46. The van der Waals surface area contributed by atoms with Gasteiger partial charge in [-0.25, -0.2) is 0 Å². The van der Waals surface area contributed by atoms with Crippen LogP contribution in [0.4, 0.5) is 0 Å². The van der Waals surface area contributed by atoms with Crippen LogP contribution in [0.2, 0.25) is 0 Å². The van der Waals surface area contributed by atoms with Crippen molar-refractivity contribution < 1.29 is 9.26 Å². The molecule has 2 N–H and O–H groups in total. The van der Waals surface area contributed by atoms with E-state index in [1.54, 1.807) is 7.11 Å². The van der Waals surface area contributed by atoms with E-state index < -0.39 is 5.54 Å². The molecule has 1 aliphatic carbocycles. The summed E-state index contributed by atoms with van der Waals surface area (Å²) in [6.07, 6.45) is 4.91. The van der Waals surface area contributed by atoms with E-state index in [0.717, 1.165) is 19.3 Å². The maximum Gasteiger partial charge on any atom is 0.246 e. The van der Waals surface area contributed by atoms with Crippen molar-refractivity contribution in [2.45, 2.75) is 44.6 Å². The molecular weight excluding hydrogens is 218 g/mol. The molecule has 1 aromatic rings. The molecule has 0 radical (unpaired) electrons. The molecule has 0 amide bonds. The first-order valence-electron chi connectivity index (χ1n) is 6.25. The van der Waals surface area contributed by atoms with Crippen LogP contribution in [0.25, 0.3) is 0 Å². The molecule has 0 spiro atoms. The van der Waals surface area contributed by atoms with Crippen LogP contribution >= 0.6 is 0 Å². The molecule has 2 unspecified atom stereocenters. The van der Waals surface area contributed by atoms with Crippen LogP contribution in [-0.4, -0.2) is 23.9 Å². The summed E-state index contributed by atoms with van der Waals surface area (Å²) in [5.41, 5.74) is 5.96. The highest BCUT2D eigenvalue weighted by molar-refractivity contribution is 5.04. The maximum atomic E-state index is 6.39. The van der Waals surface area contributed by atoms with E-state index >= 15 is 0 Å². The molecule has 2 rings (SSSR count). The molecule has 1 aromatic heterocycles. The van der Waals surface area contributed by atoms with Crippen molar-refractivity contribution in [1.29, 1.82) is 0 Å². The van der Waals surface area contributed by atoms with Gasteiger partial charge < -0.3 is 15.0 Å². The Morgan fingerprint density at radius 3 is 3.12 bits per heavy atom. The monoisotopic (exact) mass is 239 g/mol. The molecule has 1 heterocycles. The molecule has 5 heteroatoms. The minimum Gasteiger partial charge on any atom is -0.384 e. The second-order valence-corrected chi connectivity index (χ2v) is 5.12. The lowest BCUT2D eigenvalue weighted by molar-refractivity contribution is 0.182. The quantitative estimate of drug-likeness (QED) is 0.864. The first kappa shape index (κ1) is 12.5. The summed E-state index contributed by atoms with van der Waals surface area (Å²) < 4.78 is 10.3. The molecule has 96 valence electrons. The standard InChI is InChI=1S/C12H21N3O2/c1-9-4-3-6-12(13,8-9)11-14-10(15-17-11)5-7-16-2/h9H,3-8,13H2,1-2H3. The van der Waals surface area contributed by atoms with Crippen molar-refractivity contribution in [1.82, 2.24) is 10.1 Å². The van der Waals surface area contributed by atoms with Crippen LogP contribution in [-0.2, 0) is 16.7 Å². The Morgan fingerprint density at radius 2 is 2.41 bits per heavy atom. The van der Waals surface area contributed by atoms with Crippen LogP contribution in [0.5, 0.6) is 0 Å². The smallest absolute Gasteiger partial charge is 0.246 e. The second kappa shape index (κ2) is 5.14. The molecule has 1 fully saturated rings. The highest BCUT2D eigenvalue weighted by Crippen LogP contribution is 2.36. The van der Waals surface area contributed by atoms with Crippen molar-refractivity contribution in [3.63, 3.8) is 0 Å². The Hall–Kier alpha value is -0.940. The Bertz CT molecular complexity index is 366. The number of hydrogen-bond donors (Lipinski definition) is 1. The van der Waals surface area contributed by atoms with E-state index in [1.165, 1.54) is 6.42 Å². The Morgan fingerprint density at radius 1 is 1.59 bits per heavy atom. The van der Waals surface area contributed by atoms with Gasteiger partial charge in [0.2, 0.25) is 5.89 Å². The largest absolute Gasteiger partial charge is 0.384 e. The molecule has 0 aromatic carbocycles. The van der Waals surface area contributed by atoms with E-state index in [0.29, 0.717) is 30.7 Å². The fraction of sp³-hybridized carbons (Fsp3) is 0.833. The van der Waals surface area contributed by atoms with Crippen LogP contribution < -0.4 is 5.73 Å². The molecule has 17 heavy (non-hydrogen) atoms. The predicted octanol–water partition coefficient (Wildman–Crippen LogP) is 1.62. The van der Waals surface area contributed by atoms with E-state index in [2.05, 4.69) is 17.1 Å². The average Bonchev–Trinajstić information content (AvgIpc) is 2.75. The van der Waals surface area contributed by atoms with Crippen molar-refractivity contribution in [3.05, 3.63) is 11.7 Å². The Labute approximate surface area is 102 Å². The number of ether oxygens (including phenoxy) is 1. The molecule has 2 atom stereocenters. The first-order chi connectivity index (χ1) is 8.14. The lowest BCUT2D eigenvalue weighted by atomic mass is 9.77. The van der Waals surface area contributed by atoms with Gasteiger partial charge >= 0.3 is 0 Å². The summed E-state index contributed by atoms with van der Waals surface area (Å²) in [6.45, 7) is 2.83. The van der Waals surface area contributed by atoms with Gasteiger partial charge in [0.05, 0.1) is 12.1 Å². The molecule has 0 bridgehead atoms. The molecule has 0 saturated heterocycles. The van der Waals surface area contributed by atoms with E-state index in [-0.39, 0.29) is 0 Å². The zero-order valence-electron chi connectivity index (χ0n) is 10.6. The van der Waals surface area contributed by atoms with Gasteiger partial charge in [0.1, 0.15) is 0 Å². The second-order valence-electron chi connectivity index (χ2n) is 5.12. The molecule has 1 aliphatic rings. The van der Waals surface area contributed by atoms with Gasteiger partial charge in [-0.05, 0) is 18.8 Å². The predicted molar refractivity (Wildman–Crippen MR) is 63.4 cm³/mol. The highest BCUT2D eigenvalue weighted by atomic mass is 16.5. The minimum atomic E-state index is -0.421. The average molecular weight is 239 g/mol.